The lowest BCUT2D eigenvalue weighted by molar-refractivity contribution is -0.138. The van der Waals surface area contributed by atoms with Gasteiger partial charge in [-0.3, -0.25) is 14.4 Å². The third kappa shape index (κ3) is 3.67. The minimum Gasteiger partial charge on any atom is -0.480 e. The number of carbonyl (C=O) groups is 2. The molecule has 1 aromatic rings. The lowest BCUT2D eigenvalue weighted by atomic mass is 10.1. The molecule has 0 spiro atoms. The molecule has 1 aromatic heterocycles. The van der Waals surface area contributed by atoms with Crippen molar-refractivity contribution in [2.45, 2.75) is 33.2 Å². The first-order valence-electron chi connectivity index (χ1n) is 6.09. The van der Waals surface area contributed by atoms with Gasteiger partial charge in [0.15, 0.2) is 0 Å². The molecule has 0 radical (unpaired) electrons. The second-order valence-electron chi connectivity index (χ2n) is 4.47. The Morgan fingerprint density at radius 3 is 2.53 bits per heavy atom. The van der Waals surface area contributed by atoms with Crippen LogP contribution in [0.5, 0.6) is 0 Å². The van der Waals surface area contributed by atoms with Gasteiger partial charge in [-0.25, -0.2) is 0 Å². The molecule has 0 bridgehead atoms. The number of aromatic nitrogens is 1. The van der Waals surface area contributed by atoms with Gasteiger partial charge in [-0.05, 0) is 32.4 Å². The Balaban J connectivity index is 3.11. The first-order chi connectivity index (χ1) is 8.86. The van der Waals surface area contributed by atoms with Crippen molar-refractivity contribution in [1.29, 1.82) is 0 Å². The van der Waals surface area contributed by atoms with Crippen molar-refractivity contribution in [1.82, 2.24) is 9.88 Å². The molecule has 1 heterocycles. The normalized spacial score (nSPS) is 11.9. The molecule has 1 amide bonds. The van der Waals surface area contributed by atoms with Crippen molar-refractivity contribution >= 4 is 11.9 Å². The van der Waals surface area contributed by atoms with Crippen LogP contribution in [-0.4, -0.2) is 39.5 Å². The topological polar surface area (TPSA) is 90.5 Å². The molecule has 0 saturated carbocycles. The fourth-order valence-electron chi connectivity index (χ4n) is 1.69. The summed E-state index contributed by atoms with van der Waals surface area (Å²) in [5, 5.41) is 8.86. The smallest absolute Gasteiger partial charge is 0.323 e. The van der Waals surface area contributed by atoms with Gasteiger partial charge in [0, 0.05) is 11.7 Å². The highest BCUT2D eigenvalue weighted by atomic mass is 16.4. The molecule has 0 fully saturated rings. The van der Waals surface area contributed by atoms with E-state index < -0.39 is 24.0 Å². The zero-order valence-corrected chi connectivity index (χ0v) is 11.3. The Bertz CT molecular complexity index is 536. The number of nitrogens with zero attached hydrogens (tertiary/aromatic N) is 1. The largest absolute Gasteiger partial charge is 0.480 e. The summed E-state index contributed by atoms with van der Waals surface area (Å²) in [6, 6.07) is 2.79. The van der Waals surface area contributed by atoms with Gasteiger partial charge in [0.2, 0.25) is 0 Å². The molecule has 104 valence electrons. The predicted octanol–water partition coefficient (Wildman–Crippen LogP) is 1.01. The average Bonchev–Trinajstić information content (AvgIpc) is 2.34. The monoisotopic (exact) mass is 266 g/mol. The second-order valence-corrected chi connectivity index (χ2v) is 4.47. The highest BCUT2D eigenvalue weighted by Gasteiger charge is 2.24. The summed E-state index contributed by atoms with van der Waals surface area (Å²) >= 11 is 0. The molecule has 6 heteroatoms. The number of pyridine rings is 1. The number of amides is 1. The van der Waals surface area contributed by atoms with Gasteiger partial charge in [-0.15, -0.1) is 0 Å². The number of hydrogen-bond acceptors (Lipinski definition) is 3. The number of aliphatic carboxylic acids is 1. The summed E-state index contributed by atoms with van der Waals surface area (Å²) in [5.41, 5.74) is 0.116. The Morgan fingerprint density at radius 1 is 1.42 bits per heavy atom. The van der Waals surface area contributed by atoms with Crippen LogP contribution in [0.1, 0.15) is 36.3 Å². The quantitative estimate of drug-likeness (QED) is 0.832. The van der Waals surface area contributed by atoms with Gasteiger partial charge >= 0.3 is 5.97 Å². The molecular formula is C13H18N2O4. The highest BCUT2D eigenvalue weighted by Crippen LogP contribution is 2.08. The van der Waals surface area contributed by atoms with E-state index in [1.54, 1.807) is 19.9 Å². The van der Waals surface area contributed by atoms with Crippen LogP contribution < -0.4 is 5.56 Å². The van der Waals surface area contributed by atoms with E-state index in [4.69, 9.17) is 5.11 Å². The lowest BCUT2D eigenvalue weighted by Crippen LogP contribution is -2.43. The number of nitrogens with one attached hydrogen (secondary N) is 1. The van der Waals surface area contributed by atoms with E-state index in [1.165, 1.54) is 11.0 Å². The maximum Gasteiger partial charge on any atom is 0.323 e. The van der Waals surface area contributed by atoms with E-state index in [0.717, 1.165) is 0 Å². The third-order valence-corrected chi connectivity index (χ3v) is 2.98. The van der Waals surface area contributed by atoms with Crippen LogP contribution in [-0.2, 0) is 4.79 Å². The first kappa shape index (κ1) is 14.9. The molecule has 1 rings (SSSR count). The summed E-state index contributed by atoms with van der Waals surface area (Å²) in [4.78, 5) is 38.5. The van der Waals surface area contributed by atoms with Crippen molar-refractivity contribution in [3.05, 3.63) is 33.7 Å². The Morgan fingerprint density at radius 2 is 2.05 bits per heavy atom. The summed E-state index contributed by atoms with van der Waals surface area (Å²) < 4.78 is 0. The lowest BCUT2D eigenvalue weighted by Gasteiger charge is -2.26. The summed E-state index contributed by atoms with van der Waals surface area (Å²) in [7, 11) is 0. The fourth-order valence-corrected chi connectivity index (χ4v) is 1.69. The minimum atomic E-state index is -1.10. The third-order valence-electron chi connectivity index (χ3n) is 2.98. The van der Waals surface area contributed by atoms with E-state index in [0.29, 0.717) is 12.1 Å². The molecule has 6 nitrogen and oxygen atoms in total. The number of aromatic amines is 1. The van der Waals surface area contributed by atoms with Gasteiger partial charge in [-0.2, -0.15) is 0 Å². The molecule has 1 atom stereocenters. The minimum absolute atomic E-state index is 0.0350. The molecule has 0 aliphatic heterocycles. The van der Waals surface area contributed by atoms with Crippen LogP contribution in [0.3, 0.4) is 0 Å². The molecule has 2 N–H and O–H groups in total. The van der Waals surface area contributed by atoms with Crippen LogP contribution in [0, 0.1) is 6.92 Å². The molecular weight excluding hydrogens is 248 g/mol. The van der Waals surface area contributed by atoms with Gasteiger partial charge in [0.25, 0.3) is 11.5 Å². The van der Waals surface area contributed by atoms with Gasteiger partial charge in [0.1, 0.15) is 12.1 Å². The van der Waals surface area contributed by atoms with Gasteiger partial charge in [0.05, 0.1) is 0 Å². The zero-order chi connectivity index (χ0) is 14.6. The number of carbonyl (C=O) groups excluding carboxylic acids is 1. The molecule has 0 aliphatic rings. The van der Waals surface area contributed by atoms with Crippen LogP contribution >= 0.6 is 0 Å². The van der Waals surface area contributed by atoms with Crippen molar-refractivity contribution in [3.63, 3.8) is 0 Å². The molecule has 0 aromatic carbocycles. The second kappa shape index (κ2) is 6.17. The Hall–Kier alpha value is -2.11. The van der Waals surface area contributed by atoms with Crippen LogP contribution in [0.25, 0.3) is 0 Å². The van der Waals surface area contributed by atoms with Crippen molar-refractivity contribution in [2.24, 2.45) is 0 Å². The van der Waals surface area contributed by atoms with Crippen molar-refractivity contribution < 1.29 is 14.7 Å². The number of aryl methyl sites for hydroxylation is 1. The molecule has 0 saturated heterocycles. The summed E-state index contributed by atoms with van der Waals surface area (Å²) in [5.74, 6) is -1.66. The van der Waals surface area contributed by atoms with Crippen LogP contribution in [0.4, 0.5) is 0 Å². The number of H-pyrrole nitrogens is 1. The predicted molar refractivity (Wildman–Crippen MR) is 70.2 cm³/mol. The SMILES string of the molecule is CCC(C)N(CC(=O)O)C(=O)c1ccc(C)[nH]c1=O. The first-order valence-corrected chi connectivity index (χ1v) is 6.09. The van der Waals surface area contributed by atoms with E-state index in [2.05, 4.69) is 4.98 Å². The van der Waals surface area contributed by atoms with E-state index in [-0.39, 0.29) is 11.6 Å². The number of rotatable bonds is 5. The van der Waals surface area contributed by atoms with Crippen LogP contribution in [0.2, 0.25) is 0 Å². The number of hydrogen-bond donors (Lipinski definition) is 2. The van der Waals surface area contributed by atoms with E-state index in [1.807, 2.05) is 6.92 Å². The number of carboxylic acid groups (broad SMARTS) is 1. The summed E-state index contributed by atoms with van der Waals surface area (Å²) in [6.45, 7) is 4.90. The van der Waals surface area contributed by atoms with Gasteiger partial charge in [-0.1, -0.05) is 6.92 Å². The Kier molecular flexibility index (Phi) is 4.86. The van der Waals surface area contributed by atoms with Crippen LogP contribution in [0.15, 0.2) is 16.9 Å². The highest BCUT2D eigenvalue weighted by molar-refractivity contribution is 5.95. The van der Waals surface area contributed by atoms with E-state index >= 15 is 0 Å². The maximum atomic E-state index is 12.3. The Labute approximate surface area is 111 Å². The fraction of sp³-hybridized carbons (Fsp3) is 0.462. The summed E-state index contributed by atoms with van der Waals surface area (Å²) in [6.07, 6.45) is 0.614. The molecule has 19 heavy (non-hydrogen) atoms. The molecule has 0 aliphatic carbocycles. The van der Waals surface area contributed by atoms with Crippen molar-refractivity contribution in [3.8, 4) is 0 Å². The number of carboxylic acids is 1. The average molecular weight is 266 g/mol. The standard InChI is InChI=1S/C13H18N2O4/c1-4-9(3)15(7-11(16)17)13(19)10-6-5-8(2)14-12(10)18/h5-6,9H,4,7H2,1-3H3,(H,14,18)(H,16,17). The van der Waals surface area contributed by atoms with Crippen molar-refractivity contribution in [2.75, 3.05) is 6.54 Å². The van der Waals surface area contributed by atoms with Gasteiger partial charge < -0.3 is 15.0 Å². The maximum absolute atomic E-state index is 12.3. The molecule has 1 unspecified atom stereocenters. The zero-order valence-electron chi connectivity index (χ0n) is 11.3. The van der Waals surface area contributed by atoms with E-state index in [9.17, 15) is 14.4 Å².